The monoisotopic (exact) mass is 450 g/mol. The number of hydrogen-bond acceptors (Lipinski definition) is 4. The van der Waals surface area contributed by atoms with Crippen LogP contribution in [-0.2, 0) is 6.42 Å². The Labute approximate surface area is 195 Å². The largest absolute Gasteiger partial charge is 0.412 e. The first-order valence-corrected chi connectivity index (χ1v) is 12.6. The van der Waals surface area contributed by atoms with Gasteiger partial charge in [-0.05, 0) is 82.2 Å². The van der Waals surface area contributed by atoms with Crippen molar-refractivity contribution < 1.29 is 9.53 Å². The molecule has 4 nitrogen and oxygen atoms in total. The van der Waals surface area contributed by atoms with Gasteiger partial charge in [-0.1, -0.05) is 42.5 Å². The van der Waals surface area contributed by atoms with E-state index in [4.69, 9.17) is 4.74 Å². The lowest BCUT2D eigenvalue weighted by Gasteiger charge is -2.37. The second kappa shape index (κ2) is 11.0. The molecule has 170 valence electrons. The molecule has 1 fully saturated rings. The molecule has 0 spiro atoms. The summed E-state index contributed by atoms with van der Waals surface area (Å²) in [7, 11) is 4.43. The third kappa shape index (κ3) is 5.90. The van der Waals surface area contributed by atoms with Crippen molar-refractivity contribution in [2.45, 2.75) is 44.6 Å². The van der Waals surface area contributed by atoms with Crippen molar-refractivity contribution in [1.29, 1.82) is 0 Å². The van der Waals surface area contributed by atoms with Crippen LogP contribution in [-0.4, -0.2) is 37.7 Å². The molecule has 2 aromatic carbocycles. The van der Waals surface area contributed by atoms with E-state index in [1.54, 1.807) is 11.3 Å². The number of rotatable bonds is 8. The van der Waals surface area contributed by atoms with Gasteiger partial charge in [-0.2, -0.15) is 0 Å². The summed E-state index contributed by atoms with van der Waals surface area (Å²) >= 11 is 1.60. The summed E-state index contributed by atoms with van der Waals surface area (Å²) in [6.45, 7) is 0.699. The molecule has 4 rings (SSSR count). The molecule has 1 N–H and O–H groups in total. The molecule has 0 radical (unpaired) electrons. The Morgan fingerprint density at radius 1 is 1.06 bits per heavy atom. The third-order valence-corrected chi connectivity index (χ3v) is 7.80. The summed E-state index contributed by atoms with van der Waals surface area (Å²) in [5.41, 5.74) is 1.43. The number of thiophene rings is 1. The Bertz CT molecular complexity index is 993. The number of amides is 1. The van der Waals surface area contributed by atoms with Gasteiger partial charge >= 0.3 is 6.09 Å². The van der Waals surface area contributed by atoms with Gasteiger partial charge in [-0.25, -0.2) is 4.79 Å². The van der Waals surface area contributed by atoms with Crippen LogP contribution in [0.4, 0.5) is 4.79 Å². The zero-order valence-corrected chi connectivity index (χ0v) is 19.9. The maximum Gasteiger partial charge on any atom is 0.412 e. The van der Waals surface area contributed by atoms with E-state index in [9.17, 15) is 4.79 Å². The number of nitrogens with zero attached hydrogens (tertiary/aromatic N) is 1. The molecule has 1 amide bonds. The Kier molecular flexibility index (Phi) is 7.82. The Hall–Kier alpha value is -2.37. The normalized spacial score (nSPS) is 19.7. The van der Waals surface area contributed by atoms with Crippen LogP contribution >= 0.6 is 11.3 Å². The quantitative estimate of drug-likeness (QED) is 0.434. The van der Waals surface area contributed by atoms with E-state index in [1.807, 2.05) is 29.6 Å². The molecule has 5 heteroatoms. The highest BCUT2D eigenvalue weighted by Gasteiger charge is 2.29. The topological polar surface area (TPSA) is 41.6 Å². The first kappa shape index (κ1) is 22.8. The number of hydrogen-bond donors (Lipinski definition) is 1. The number of fused-ring (bicyclic) bond motifs is 1. The van der Waals surface area contributed by atoms with Crippen LogP contribution in [0.25, 0.3) is 10.1 Å². The lowest BCUT2D eigenvalue weighted by molar-refractivity contribution is 0.139. The predicted octanol–water partition coefficient (Wildman–Crippen LogP) is 6.36. The third-order valence-electron chi connectivity index (χ3n) is 6.85. The minimum Gasteiger partial charge on any atom is -0.409 e. The fraction of sp³-hybridized carbons (Fsp3) is 0.444. The molecule has 3 aromatic rings. The first-order chi connectivity index (χ1) is 15.6. The fourth-order valence-corrected chi connectivity index (χ4v) is 5.91. The summed E-state index contributed by atoms with van der Waals surface area (Å²) < 4.78 is 6.71. The van der Waals surface area contributed by atoms with Gasteiger partial charge in [0, 0.05) is 28.1 Å². The highest BCUT2D eigenvalue weighted by atomic mass is 32.1. The maximum atomic E-state index is 12.3. The van der Waals surface area contributed by atoms with Crippen LogP contribution < -0.4 is 10.1 Å². The zero-order chi connectivity index (χ0) is 22.3. The second-order valence-corrected chi connectivity index (χ2v) is 10.1. The molecule has 1 atom stereocenters. The van der Waals surface area contributed by atoms with Crippen LogP contribution in [0.1, 0.15) is 37.7 Å². The molecular weight excluding hydrogens is 416 g/mol. The number of carbonyl (C=O) groups is 1. The molecule has 0 bridgehead atoms. The molecule has 1 saturated carbocycles. The summed E-state index contributed by atoms with van der Waals surface area (Å²) in [5.74, 6) is 1.92. The van der Waals surface area contributed by atoms with E-state index in [0.29, 0.717) is 24.3 Å². The van der Waals surface area contributed by atoms with Gasteiger partial charge in [0.1, 0.15) is 0 Å². The van der Waals surface area contributed by atoms with Gasteiger partial charge in [0.05, 0.1) is 0 Å². The minimum atomic E-state index is -0.343. The Morgan fingerprint density at radius 2 is 1.78 bits per heavy atom. The molecule has 1 unspecified atom stereocenters. The van der Waals surface area contributed by atoms with Crippen LogP contribution in [0.2, 0.25) is 0 Å². The van der Waals surface area contributed by atoms with Gasteiger partial charge in [0.2, 0.25) is 0 Å². The Balaban J connectivity index is 1.21. The van der Waals surface area contributed by atoms with Gasteiger partial charge in [0.25, 0.3) is 0 Å². The summed E-state index contributed by atoms with van der Waals surface area (Å²) in [6, 6.07) is 19.4. The van der Waals surface area contributed by atoms with Crippen LogP contribution in [0.5, 0.6) is 5.75 Å². The number of benzene rings is 2. The van der Waals surface area contributed by atoms with Crippen LogP contribution in [0.15, 0.2) is 60.0 Å². The number of carbonyl (C=O) groups excluding carboxylic acids is 1. The smallest absolute Gasteiger partial charge is 0.409 e. The molecule has 0 saturated heterocycles. The maximum absolute atomic E-state index is 12.3. The lowest BCUT2D eigenvalue weighted by Crippen LogP contribution is -2.39. The van der Waals surface area contributed by atoms with Crippen molar-refractivity contribution >= 4 is 27.5 Å². The van der Waals surface area contributed by atoms with Crippen LogP contribution in [0, 0.1) is 11.8 Å². The SMILES string of the molecule is CN(C)C(CCc1ccccc1)C1CCC(CNC(=O)Oc2csc3ccccc23)CC1. The lowest BCUT2D eigenvalue weighted by atomic mass is 9.77. The second-order valence-electron chi connectivity index (χ2n) is 9.20. The number of ether oxygens (including phenoxy) is 1. The minimum absolute atomic E-state index is 0.343. The van der Waals surface area contributed by atoms with Crippen molar-refractivity contribution in [3.05, 3.63) is 65.5 Å². The standard InChI is InChI=1S/C27H34N2O2S/c1-29(2)24(17-14-20-8-4-3-5-9-20)22-15-12-21(13-16-22)18-28-27(30)31-25-19-32-26-11-7-6-10-23(25)26/h3-11,19,21-22,24H,12-18H2,1-2H3,(H,28,30). The van der Waals surface area contributed by atoms with E-state index >= 15 is 0 Å². The molecule has 1 aliphatic rings. The Morgan fingerprint density at radius 3 is 2.53 bits per heavy atom. The van der Waals surface area contributed by atoms with Gasteiger partial charge in [0.15, 0.2) is 5.75 Å². The van der Waals surface area contributed by atoms with Crippen LogP contribution in [0.3, 0.4) is 0 Å². The summed E-state index contributed by atoms with van der Waals surface area (Å²) in [4.78, 5) is 14.8. The highest BCUT2D eigenvalue weighted by Crippen LogP contribution is 2.34. The average molecular weight is 451 g/mol. The molecule has 32 heavy (non-hydrogen) atoms. The van der Waals surface area contributed by atoms with Crippen molar-refractivity contribution in [3.8, 4) is 5.75 Å². The summed E-state index contributed by atoms with van der Waals surface area (Å²) in [5, 5.41) is 5.91. The first-order valence-electron chi connectivity index (χ1n) is 11.7. The van der Waals surface area contributed by atoms with E-state index < -0.39 is 0 Å². The zero-order valence-electron chi connectivity index (χ0n) is 19.1. The van der Waals surface area contributed by atoms with E-state index in [2.05, 4.69) is 54.6 Å². The molecule has 1 heterocycles. The van der Waals surface area contributed by atoms with Crippen molar-refractivity contribution in [2.75, 3.05) is 20.6 Å². The van der Waals surface area contributed by atoms with Gasteiger partial charge in [-0.15, -0.1) is 11.3 Å². The van der Waals surface area contributed by atoms with Crippen molar-refractivity contribution in [2.24, 2.45) is 11.8 Å². The highest BCUT2D eigenvalue weighted by molar-refractivity contribution is 7.17. The van der Waals surface area contributed by atoms with Gasteiger partial charge in [-0.3, -0.25) is 0 Å². The summed E-state index contributed by atoms with van der Waals surface area (Å²) in [6.07, 6.45) is 6.79. The fourth-order valence-electron chi connectivity index (χ4n) is 5.05. The van der Waals surface area contributed by atoms with Gasteiger partial charge < -0.3 is 15.0 Å². The predicted molar refractivity (Wildman–Crippen MR) is 134 cm³/mol. The molecular formula is C27H34N2O2S. The van der Waals surface area contributed by atoms with E-state index in [0.717, 1.165) is 22.4 Å². The molecule has 1 aliphatic carbocycles. The number of nitrogens with one attached hydrogen (secondary N) is 1. The van der Waals surface area contributed by atoms with Crippen molar-refractivity contribution in [1.82, 2.24) is 10.2 Å². The van der Waals surface area contributed by atoms with Crippen molar-refractivity contribution in [3.63, 3.8) is 0 Å². The molecule has 0 aliphatic heterocycles. The average Bonchev–Trinajstić information content (AvgIpc) is 3.22. The molecule has 1 aromatic heterocycles. The number of aryl methyl sites for hydroxylation is 1. The van der Waals surface area contributed by atoms with E-state index in [-0.39, 0.29) is 6.09 Å². The van der Waals surface area contributed by atoms with E-state index in [1.165, 1.54) is 37.7 Å².